The quantitative estimate of drug-likeness (QED) is 0.152. The van der Waals surface area contributed by atoms with E-state index in [2.05, 4.69) is 34.5 Å². The van der Waals surface area contributed by atoms with Crippen LogP contribution in [0.5, 0.6) is 0 Å². The van der Waals surface area contributed by atoms with Gasteiger partial charge in [0.1, 0.15) is 0 Å². The summed E-state index contributed by atoms with van der Waals surface area (Å²) in [6.07, 6.45) is 0. The van der Waals surface area contributed by atoms with Crippen molar-refractivity contribution >= 4 is 164 Å². The normalized spacial score (nSPS) is 8.65. The molecule has 0 saturated carbocycles. The van der Waals surface area contributed by atoms with Crippen molar-refractivity contribution in [3.05, 3.63) is 13.6 Å². The minimum atomic E-state index is 0. The van der Waals surface area contributed by atoms with Crippen molar-refractivity contribution in [3.63, 3.8) is 0 Å². The van der Waals surface area contributed by atoms with Gasteiger partial charge in [-0.25, -0.2) is 5.26 Å². The van der Waals surface area contributed by atoms with Gasteiger partial charge in [0.05, 0.1) is 0 Å². The van der Waals surface area contributed by atoms with Crippen molar-refractivity contribution in [3.8, 4) is 0 Å². The van der Waals surface area contributed by atoms with Gasteiger partial charge in [-0.1, -0.05) is 21.3 Å². The Morgan fingerprint density at radius 3 is 0.808 bits per heavy atom. The summed E-state index contributed by atoms with van der Waals surface area (Å²) in [7, 11) is 0. The van der Waals surface area contributed by atoms with E-state index < -0.39 is 0 Å². The molecular weight excluding hydrogens is 488 g/mol. The van der Waals surface area contributed by atoms with E-state index in [9.17, 15) is 0 Å². The Kier molecular flexibility index (Phi) is 347. The first-order chi connectivity index (χ1) is 7.33. The second-order valence-corrected chi connectivity index (χ2v) is 0.979. The van der Waals surface area contributed by atoms with Gasteiger partial charge in [-0.15, -0.1) is 10.1 Å². The van der Waals surface area contributed by atoms with E-state index in [4.69, 9.17) is 20.0 Å². The molecule has 0 aliphatic carbocycles. The summed E-state index contributed by atoms with van der Waals surface area (Å²) in [5, 5.41) is 21.0. The van der Waals surface area contributed by atoms with E-state index in [0.29, 0.717) is 6.47 Å². The molecule has 2 heterocycles. The molecular formula is C6H19Ca4O16+. The number of hydrogen-bond acceptors (Lipinski definition) is 13. The van der Waals surface area contributed by atoms with Crippen LogP contribution in [0.15, 0.2) is 0 Å². The van der Waals surface area contributed by atoms with Crippen molar-refractivity contribution in [2.75, 3.05) is 0 Å². The van der Waals surface area contributed by atoms with Gasteiger partial charge in [-0.2, -0.15) is 0 Å². The summed E-state index contributed by atoms with van der Waals surface area (Å²) >= 11 is 0. The molecule has 146 valence electrons. The average Bonchev–Trinajstić information content (AvgIpc) is 1.99. The van der Waals surface area contributed by atoms with Crippen molar-refractivity contribution < 1.29 is 81.8 Å². The van der Waals surface area contributed by atoms with Crippen LogP contribution in [0.3, 0.4) is 0 Å². The average molecular weight is 508 g/mol. The second-order valence-electron chi connectivity index (χ2n) is 0.979. The Morgan fingerprint density at radius 1 is 0.731 bits per heavy atom. The van der Waals surface area contributed by atoms with E-state index in [-0.39, 0.29) is 193 Å². The summed E-state index contributed by atoms with van der Waals surface area (Å²) in [5.74, 6) is 0. The maximum Gasteiger partial charge on any atom is 2.00 e. The van der Waals surface area contributed by atoms with Gasteiger partial charge in [0.2, 0.25) is 0 Å². The first-order valence-electron chi connectivity index (χ1n) is 2.63. The Bertz CT molecular complexity index is 124. The SMILES string of the molecule is C.C.O.O.O=[C-]O.O=[C-]OO.[CH-]1OOO1.[CH-]1OOO1.[Ca+2].[Ca+2].[Ca+2].[Ca+2].[OH-].[OH-].[OH-]. The zero-order valence-corrected chi connectivity index (χ0v) is 20.7. The van der Waals surface area contributed by atoms with Crippen LogP contribution < -0.4 is 0 Å². The number of rotatable bonds is 1. The molecule has 0 atom stereocenters. The summed E-state index contributed by atoms with van der Waals surface area (Å²) < 4.78 is 0. The van der Waals surface area contributed by atoms with Gasteiger partial charge in [0.15, 0.2) is 0 Å². The fourth-order valence-electron chi connectivity index (χ4n) is 0.0786. The number of hydrogen-bond donors (Lipinski definition) is 2. The predicted octanol–water partition coefficient (Wildman–Crippen LogP) is -3.28. The zero-order valence-electron chi connectivity index (χ0n) is 11.9. The summed E-state index contributed by atoms with van der Waals surface area (Å²) in [5.41, 5.74) is 0. The summed E-state index contributed by atoms with van der Waals surface area (Å²) in [6, 6.07) is 0. The molecule has 0 aromatic carbocycles. The molecule has 0 aromatic heterocycles. The van der Waals surface area contributed by atoms with E-state index in [0.717, 1.165) is 20.1 Å². The molecule has 20 heteroatoms. The van der Waals surface area contributed by atoms with Gasteiger partial charge < -0.3 is 66.5 Å². The maximum atomic E-state index is 8.58. The predicted molar refractivity (Wildman–Crippen MR) is 82.4 cm³/mol. The second kappa shape index (κ2) is 103. The fourth-order valence-corrected chi connectivity index (χ4v) is 0.0786. The molecule has 2 fully saturated rings. The Morgan fingerprint density at radius 2 is 0.808 bits per heavy atom. The van der Waals surface area contributed by atoms with Crippen molar-refractivity contribution in [2.24, 2.45) is 0 Å². The molecule has 2 aliphatic heterocycles. The molecule has 0 radical (unpaired) electrons. The van der Waals surface area contributed by atoms with Gasteiger partial charge in [-0.05, 0) is 20.1 Å². The van der Waals surface area contributed by atoms with Gasteiger partial charge in [0, 0.05) is 0 Å². The first kappa shape index (κ1) is 88.0. The molecule has 2 saturated heterocycles. The molecule has 26 heavy (non-hydrogen) atoms. The van der Waals surface area contributed by atoms with Crippen molar-refractivity contribution in [1.29, 1.82) is 0 Å². The Labute approximate surface area is 269 Å². The van der Waals surface area contributed by atoms with Crippen LogP contribution in [0.4, 0.5) is 0 Å². The van der Waals surface area contributed by atoms with Crippen LogP contribution in [0.2, 0.25) is 0 Å². The van der Waals surface area contributed by atoms with Crippen LogP contribution in [0.25, 0.3) is 0 Å². The van der Waals surface area contributed by atoms with Crippen LogP contribution in [-0.2, 0) is 44.1 Å². The summed E-state index contributed by atoms with van der Waals surface area (Å²) in [4.78, 5) is 35.0. The number of aliphatic hydroxyl groups excluding tert-OH is 1. The van der Waals surface area contributed by atoms with Gasteiger partial charge in [0.25, 0.3) is 0 Å². The minimum Gasteiger partial charge on any atom is -0.870 e. The topological polar surface area (TPSA) is 292 Å². The molecule has 0 unspecified atom stereocenters. The minimum absolute atomic E-state index is 0. The van der Waals surface area contributed by atoms with E-state index in [1.54, 1.807) is 0 Å². The van der Waals surface area contributed by atoms with Gasteiger partial charge in [-0.3, -0.25) is 0 Å². The third kappa shape index (κ3) is 124. The zero-order chi connectivity index (χ0) is 11.8. The van der Waals surface area contributed by atoms with E-state index in [1.807, 2.05) is 0 Å². The van der Waals surface area contributed by atoms with E-state index >= 15 is 0 Å². The van der Waals surface area contributed by atoms with Gasteiger partial charge >= 0.3 is 151 Å². The standard InChI is InChI=1S/3CHO3.CHO2.2CH4.4Ca.5H2O/c2*1-2-4-3-1;2-1-4-3;2-1-3;;;;;;;;;;;/h2*1H;3H;(H,2,3);2*1H4;;;;;5*1H2/q4*-1;;;4*+2;;;;;/p-3. The third-order valence-electron chi connectivity index (χ3n) is 0.352. The van der Waals surface area contributed by atoms with Crippen LogP contribution in [0, 0.1) is 13.6 Å². The Hall–Kier alpha value is 3.50. The molecule has 0 aromatic rings. The first-order valence-corrected chi connectivity index (χ1v) is 2.63. The van der Waals surface area contributed by atoms with Crippen molar-refractivity contribution in [1.82, 2.24) is 0 Å². The molecule has 0 bridgehead atoms. The molecule has 0 spiro atoms. The van der Waals surface area contributed by atoms with Crippen molar-refractivity contribution in [2.45, 2.75) is 14.9 Å². The Balaban J connectivity index is -0.00000000694. The largest absolute Gasteiger partial charge is 2.00 e. The maximum absolute atomic E-state index is 8.58. The van der Waals surface area contributed by atoms with E-state index in [1.165, 1.54) is 0 Å². The smallest absolute Gasteiger partial charge is 0.870 e. The van der Waals surface area contributed by atoms with Crippen LogP contribution in [0.1, 0.15) is 14.9 Å². The van der Waals surface area contributed by atoms with Crippen LogP contribution >= 0.6 is 0 Å². The van der Waals surface area contributed by atoms with Crippen LogP contribution in [-0.4, -0.2) is 202 Å². The molecule has 2 aliphatic rings. The molecule has 16 nitrogen and oxygen atoms in total. The monoisotopic (exact) mass is 507 g/mol. The summed E-state index contributed by atoms with van der Waals surface area (Å²) in [6.45, 7) is 3.40. The molecule has 2 rings (SSSR count). The number of carbonyl (C=O) groups excluding carboxylic acids is 1. The molecule has 0 amide bonds. The third-order valence-corrected chi connectivity index (χ3v) is 0.352. The molecule has 9 N–H and O–H groups in total. The fraction of sp³-hybridized carbons (Fsp3) is 0.333.